The van der Waals surface area contributed by atoms with Crippen LogP contribution >= 0.6 is 0 Å². The van der Waals surface area contributed by atoms with Crippen molar-refractivity contribution >= 4 is 16.7 Å². The second-order valence-corrected chi connectivity index (χ2v) is 6.83. The van der Waals surface area contributed by atoms with E-state index < -0.39 is 0 Å². The predicted molar refractivity (Wildman–Crippen MR) is 99.5 cm³/mol. The van der Waals surface area contributed by atoms with E-state index in [2.05, 4.69) is 23.0 Å². The summed E-state index contributed by atoms with van der Waals surface area (Å²) in [6.07, 6.45) is 5.05. The molecule has 1 fully saturated rings. The predicted octanol–water partition coefficient (Wildman–Crippen LogP) is 4.25. The number of halogens is 1. The Morgan fingerprint density at radius 3 is 2.60 bits per heavy atom. The van der Waals surface area contributed by atoms with E-state index in [9.17, 15) is 4.39 Å². The molecule has 130 valence electrons. The largest absolute Gasteiger partial charge is 0.356 e. The molecule has 0 unspecified atom stereocenters. The molecule has 3 aromatic rings. The summed E-state index contributed by atoms with van der Waals surface area (Å²) in [6.45, 7) is 6.03. The number of fused-ring (bicyclic) bond motifs is 1. The first-order valence-corrected chi connectivity index (χ1v) is 8.96. The summed E-state index contributed by atoms with van der Waals surface area (Å²) in [5.41, 5.74) is 4.45. The Balaban J connectivity index is 2.04. The minimum Gasteiger partial charge on any atom is -0.356 e. The fourth-order valence-corrected chi connectivity index (χ4v) is 3.74. The van der Waals surface area contributed by atoms with Crippen LogP contribution in [0.1, 0.15) is 30.9 Å². The van der Waals surface area contributed by atoms with E-state index in [0.717, 1.165) is 65.9 Å². The van der Waals surface area contributed by atoms with Crippen LogP contribution in [0.5, 0.6) is 0 Å². The molecule has 0 bridgehead atoms. The van der Waals surface area contributed by atoms with E-state index >= 15 is 0 Å². The van der Waals surface area contributed by atoms with Crippen molar-refractivity contribution < 1.29 is 4.39 Å². The molecule has 1 saturated heterocycles. The highest BCUT2D eigenvalue weighted by molar-refractivity contribution is 5.94. The van der Waals surface area contributed by atoms with E-state index in [1.54, 1.807) is 10.7 Å². The second-order valence-electron chi connectivity index (χ2n) is 6.83. The molecule has 1 aliphatic heterocycles. The maximum absolute atomic E-state index is 14.7. The summed E-state index contributed by atoms with van der Waals surface area (Å²) in [5.74, 6) is 0.634. The van der Waals surface area contributed by atoms with Crippen molar-refractivity contribution in [3.63, 3.8) is 0 Å². The van der Waals surface area contributed by atoms with Gasteiger partial charge in [-0.15, -0.1) is 0 Å². The molecule has 0 atom stereocenters. The van der Waals surface area contributed by atoms with Gasteiger partial charge in [-0.3, -0.25) is 4.68 Å². The molecule has 1 aliphatic rings. The maximum atomic E-state index is 14.7. The lowest BCUT2D eigenvalue weighted by atomic mass is 9.98. The summed E-state index contributed by atoms with van der Waals surface area (Å²) in [4.78, 5) is 7.05. The van der Waals surface area contributed by atoms with Crippen LogP contribution in [0.25, 0.3) is 22.2 Å². The SMILES string of the molecule is CCc1cc(F)c2nc(N3CCCC3)c(-c3ccn(C)n3)c(C)c2c1. The van der Waals surface area contributed by atoms with Crippen LogP contribution in [0.15, 0.2) is 24.4 Å². The number of benzene rings is 1. The molecule has 4 nitrogen and oxygen atoms in total. The lowest BCUT2D eigenvalue weighted by Gasteiger charge is -2.22. The minimum absolute atomic E-state index is 0.231. The van der Waals surface area contributed by atoms with Crippen molar-refractivity contribution in [3.05, 3.63) is 41.3 Å². The van der Waals surface area contributed by atoms with Gasteiger partial charge in [-0.1, -0.05) is 6.92 Å². The molecule has 0 N–H and O–H groups in total. The van der Waals surface area contributed by atoms with Crippen LogP contribution in [0, 0.1) is 12.7 Å². The van der Waals surface area contributed by atoms with Crippen LogP contribution in [-0.4, -0.2) is 27.9 Å². The summed E-state index contributed by atoms with van der Waals surface area (Å²) >= 11 is 0. The highest BCUT2D eigenvalue weighted by atomic mass is 19.1. The molecule has 0 aliphatic carbocycles. The number of hydrogen-bond acceptors (Lipinski definition) is 3. The molecule has 0 spiro atoms. The third-order valence-electron chi connectivity index (χ3n) is 5.13. The average Bonchev–Trinajstić information content (AvgIpc) is 3.26. The van der Waals surface area contributed by atoms with Crippen LogP contribution in [0.2, 0.25) is 0 Å². The third-order valence-corrected chi connectivity index (χ3v) is 5.13. The number of nitrogens with zero attached hydrogens (tertiary/aromatic N) is 4. The van der Waals surface area contributed by atoms with Gasteiger partial charge in [-0.25, -0.2) is 9.37 Å². The smallest absolute Gasteiger partial charge is 0.149 e. The molecule has 0 radical (unpaired) electrons. The van der Waals surface area contributed by atoms with Crippen LogP contribution < -0.4 is 4.90 Å². The normalized spacial score (nSPS) is 14.6. The average molecular weight is 338 g/mol. The molecule has 4 rings (SSSR count). The van der Waals surface area contributed by atoms with Crippen LogP contribution in [0.4, 0.5) is 10.2 Å². The molecule has 1 aromatic carbocycles. The Morgan fingerprint density at radius 2 is 1.96 bits per heavy atom. The van der Waals surface area contributed by atoms with Gasteiger partial charge in [-0.2, -0.15) is 5.10 Å². The number of pyridine rings is 1. The Hall–Kier alpha value is -2.43. The van der Waals surface area contributed by atoms with Gasteiger partial charge in [-0.05, 0) is 55.5 Å². The summed E-state index contributed by atoms with van der Waals surface area (Å²) in [7, 11) is 1.91. The number of hydrogen-bond donors (Lipinski definition) is 0. The van der Waals surface area contributed by atoms with Gasteiger partial charge in [0.1, 0.15) is 17.2 Å². The van der Waals surface area contributed by atoms with Gasteiger partial charge in [0.15, 0.2) is 0 Å². The van der Waals surface area contributed by atoms with Crippen LogP contribution in [-0.2, 0) is 13.5 Å². The topological polar surface area (TPSA) is 34.0 Å². The summed E-state index contributed by atoms with van der Waals surface area (Å²) in [5, 5.41) is 5.49. The second kappa shape index (κ2) is 6.14. The van der Waals surface area contributed by atoms with E-state index in [1.807, 2.05) is 26.2 Å². The van der Waals surface area contributed by atoms with Gasteiger partial charge >= 0.3 is 0 Å². The molecule has 0 amide bonds. The first kappa shape index (κ1) is 16.1. The molecule has 5 heteroatoms. The molecule has 25 heavy (non-hydrogen) atoms. The van der Waals surface area contributed by atoms with Gasteiger partial charge in [0.25, 0.3) is 0 Å². The number of anilines is 1. The minimum atomic E-state index is -0.231. The van der Waals surface area contributed by atoms with E-state index in [4.69, 9.17) is 4.98 Å². The highest BCUT2D eigenvalue weighted by Crippen LogP contribution is 2.38. The monoisotopic (exact) mass is 338 g/mol. The van der Waals surface area contributed by atoms with Gasteiger partial charge in [0.2, 0.25) is 0 Å². The van der Waals surface area contributed by atoms with Gasteiger partial charge in [0.05, 0.1) is 5.69 Å². The van der Waals surface area contributed by atoms with E-state index in [-0.39, 0.29) is 5.82 Å². The molecule has 0 saturated carbocycles. The number of aryl methyl sites for hydroxylation is 3. The fourth-order valence-electron chi connectivity index (χ4n) is 3.74. The molecular weight excluding hydrogens is 315 g/mol. The Kier molecular flexibility index (Phi) is 3.94. The standard InChI is InChI=1S/C20H23FN4/c1-4-14-11-15-13(2)18(17-7-10-24(3)23-17)20(25-8-5-6-9-25)22-19(15)16(21)12-14/h7,10-12H,4-6,8-9H2,1-3H3. The Labute approximate surface area is 147 Å². The van der Waals surface area contributed by atoms with Crippen molar-refractivity contribution in [1.29, 1.82) is 0 Å². The Bertz CT molecular complexity index is 939. The zero-order valence-electron chi connectivity index (χ0n) is 15.0. The van der Waals surface area contributed by atoms with Crippen molar-refractivity contribution in [2.24, 2.45) is 7.05 Å². The molecule has 3 heterocycles. The third kappa shape index (κ3) is 2.68. The van der Waals surface area contributed by atoms with E-state index in [0.29, 0.717) is 5.52 Å². The fraction of sp³-hybridized carbons (Fsp3) is 0.400. The zero-order valence-corrected chi connectivity index (χ0v) is 15.0. The summed E-state index contributed by atoms with van der Waals surface area (Å²) < 4.78 is 16.5. The number of aromatic nitrogens is 3. The van der Waals surface area contributed by atoms with Crippen molar-refractivity contribution in [2.45, 2.75) is 33.1 Å². The van der Waals surface area contributed by atoms with Gasteiger partial charge < -0.3 is 4.90 Å². The van der Waals surface area contributed by atoms with Gasteiger partial charge in [0, 0.05) is 37.3 Å². The van der Waals surface area contributed by atoms with Crippen molar-refractivity contribution in [3.8, 4) is 11.3 Å². The lowest BCUT2D eigenvalue weighted by molar-refractivity contribution is 0.634. The quantitative estimate of drug-likeness (QED) is 0.716. The first-order chi connectivity index (χ1) is 12.1. The van der Waals surface area contributed by atoms with Crippen molar-refractivity contribution in [2.75, 3.05) is 18.0 Å². The molecule has 2 aromatic heterocycles. The van der Waals surface area contributed by atoms with Crippen molar-refractivity contribution in [1.82, 2.24) is 14.8 Å². The maximum Gasteiger partial charge on any atom is 0.149 e. The summed E-state index contributed by atoms with van der Waals surface area (Å²) in [6, 6.07) is 5.69. The van der Waals surface area contributed by atoms with Crippen LogP contribution in [0.3, 0.4) is 0 Å². The highest BCUT2D eigenvalue weighted by Gasteiger charge is 2.24. The zero-order chi connectivity index (χ0) is 17.6. The Morgan fingerprint density at radius 1 is 1.20 bits per heavy atom. The molecular formula is C20H23FN4. The lowest BCUT2D eigenvalue weighted by Crippen LogP contribution is -2.20. The van der Waals surface area contributed by atoms with E-state index in [1.165, 1.54) is 0 Å². The number of rotatable bonds is 3. The first-order valence-electron chi connectivity index (χ1n) is 8.96.